The van der Waals surface area contributed by atoms with E-state index >= 15 is 0 Å². The van der Waals surface area contributed by atoms with Gasteiger partial charge in [0.2, 0.25) is 0 Å². The lowest BCUT2D eigenvalue weighted by Crippen LogP contribution is -2.26. The lowest BCUT2D eigenvalue weighted by molar-refractivity contribution is 0.0600. The van der Waals surface area contributed by atoms with Gasteiger partial charge in [-0.2, -0.15) is 0 Å². The quantitative estimate of drug-likeness (QED) is 0.638. The number of benzene rings is 2. The monoisotopic (exact) mass is 391 g/mol. The Hall–Kier alpha value is -3.48. The molecule has 1 aliphatic heterocycles. The molecule has 0 aliphatic carbocycles. The van der Waals surface area contributed by atoms with Gasteiger partial charge in [0, 0.05) is 32.1 Å². The van der Waals surface area contributed by atoms with Crippen LogP contribution in [-0.2, 0) is 24.2 Å². The lowest BCUT2D eigenvalue weighted by atomic mass is 10.1. The number of methoxy groups -OCH3 is 1. The van der Waals surface area contributed by atoms with Crippen molar-refractivity contribution in [3.63, 3.8) is 0 Å². The number of carbonyl (C=O) groups excluding carboxylic acids is 2. The normalized spacial score (nSPS) is 12.6. The molecule has 0 atom stereocenters. The van der Waals surface area contributed by atoms with E-state index in [-0.39, 0.29) is 11.5 Å². The molecule has 4 rings (SSSR count). The van der Waals surface area contributed by atoms with Crippen LogP contribution in [0.1, 0.15) is 38.5 Å². The van der Waals surface area contributed by atoms with Crippen molar-refractivity contribution in [2.45, 2.75) is 25.9 Å². The Balaban J connectivity index is 1.55. The largest absolute Gasteiger partial charge is 0.465 e. The minimum Gasteiger partial charge on any atom is -0.465 e. The molecule has 0 bridgehead atoms. The third-order valence-electron chi connectivity index (χ3n) is 5.20. The smallest absolute Gasteiger partial charge is 0.337 e. The summed E-state index contributed by atoms with van der Waals surface area (Å²) in [5, 5.41) is 0.535. The van der Waals surface area contributed by atoms with Crippen LogP contribution in [0.15, 0.2) is 47.3 Å². The second-order valence-electron chi connectivity index (χ2n) is 7.17. The van der Waals surface area contributed by atoms with Gasteiger partial charge in [-0.3, -0.25) is 14.2 Å². The van der Waals surface area contributed by atoms with Gasteiger partial charge >= 0.3 is 5.97 Å². The van der Waals surface area contributed by atoms with Crippen LogP contribution in [0.2, 0.25) is 0 Å². The van der Waals surface area contributed by atoms with Gasteiger partial charge in [-0.05, 0) is 42.3 Å². The molecule has 1 aliphatic rings. The predicted octanol–water partition coefficient (Wildman–Crippen LogP) is 2.40. The molecule has 2 aromatic carbocycles. The van der Waals surface area contributed by atoms with E-state index in [4.69, 9.17) is 4.74 Å². The Labute approximate surface area is 167 Å². The summed E-state index contributed by atoms with van der Waals surface area (Å²) in [4.78, 5) is 43.1. The summed E-state index contributed by atoms with van der Waals surface area (Å²) in [7, 11) is 3.05. The number of aryl methyl sites for hydroxylation is 1. The first-order chi connectivity index (χ1) is 14.0. The van der Waals surface area contributed by atoms with Crippen LogP contribution in [-0.4, -0.2) is 40.5 Å². The third-order valence-corrected chi connectivity index (χ3v) is 5.20. The number of esters is 1. The van der Waals surface area contributed by atoms with Gasteiger partial charge < -0.3 is 9.64 Å². The molecule has 7 nitrogen and oxygen atoms in total. The Bertz CT molecular complexity index is 1170. The highest BCUT2D eigenvalue weighted by molar-refractivity contribution is 5.97. The molecule has 0 N–H and O–H groups in total. The van der Waals surface area contributed by atoms with Crippen molar-refractivity contribution < 1.29 is 14.3 Å². The molecule has 0 saturated heterocycles. The van der Waals surface area contributed by atoms with E-state index in [1.54, 1.807) is 59.0 Å². The highest BCUT2D eigenvalue weighted by atomic mass is 16.5. The van der Waals surface area contributed by atoms with Gasteiger partial charge in [0.15, 0.2) is 0 Å². The fraction of sp³-hybridized carbons (Fsp3) is 0.273. The molecule has 0 radical (unpaired) electrons. The first-order valence-corrected chi connectivity index (χ1v) is 9.44. The molecule has 29 heavy (non-hydrogen) atoms. The predicted molar refractivity (Wildman–Crippen MR) is 108 cm³/mol. The maximum atomic E-state index is 12.9. The fourth-order valence-corrected chi connectivity index (χ4v) is 3.65. The summed E-state index contributed by atoms with van der Waals surface area (Å²) in [5.41, 5.74) is 2.36. The van der Waals surface area contributed by atoms with Crippen molar-refractivity contribution in [1.82, 2.24) is 14.5 Å². The molecular weight excluding hydrogens is 370 g/mol. The van der Waals surface area contributed by atoms with Gasteiger partial charge in [0.05, 0.1) is 23.6 Å². The second-order valence-corrected chi connectivity index (χ2v) is 7.17. The van der Waals surface area contributed by atoms with E-state index in [1.807, 2.05) is 0 Å². The molecule has 1 amide bonds. The third kappa shape index (κ3) is 3.51. The molecule has 1 aromatic heterocycles. The van der Waals surface area contributed by atoms with E-state index in [0.29, 0.717) is 35.1 Å². The van der Waals surface area contributed by atoms with E-state index in [1.165, 1.54) is 7.11 Å². The van der Waals surface area contributed by atoms with Crippen LogP contribution < -0.4 is 5.56 Å². The summed E-state index contributed by atoms with van der Waals surface area (Å²) in [6.07, 6.45) is 1.70. The molecule has 3 aromatic rings. The lowest BCUT2D eigenvalue weighted by Gasteiger charge is -2.18. The molecule has 0 saturated carbocycles. The van der Waals surface area contributed by atoms with Crippen LogP contribution >= 0.6 is 0 Å². The van der Waals surface area contributed by atoms with Crippen molar-refractivity contribution in [1.29, 1.82) is 0 Å². The van der Waals surface area contributed by atoms with Gasteiger partial charge in [-0.25, -0.2) is 9.78 Å². The molecule has 148 valence electrons. The number of rotatable bonds is 4. The molecular formula is C22H21N3O4. The van der Waals surface area contributed by atoms with Gasteiger partial charge in [0.25, 0.3) is 11.5 Å². The number of aromatic nitrogens is 2. The number of hydrogen-bond acceptors (Lipinski definition) is 5. The maximum Gasteiger partial charge on any atom is 0.337 e. The highest BCUT2D eigenvalue weighted by Gasteiger charge is 2.18. The van der Waals surface area contributed by atoms with Crippen LogP contribution in [0.25, 0.3) is 10.9 Å². The number of hydrogen-bond donors (Lipinski definition) is 0. The number of ether oxygens (including phenoxy) is 1. The number of fused-ring (bicyclic) bond motifs is 2. The zero-order chi connectivity index (χ0) is 20.5. The van der Waals surface area contributed by atoms with Crippen LogP contribution in [0, 0.1) is 0 Å². The minimum atomic E-state index is -0.396. The van der Waals surface area contributed by atoms with Gasteiger partial charge in [-0.15, -0.1) is 0 Å². The summed E-state index contributed by atoms with van der Waals surface area (Å²) in [6.45, 7) is 1.09. The zero-order valence-electron chi connectivity index (χ0n) is 16.3. The average Bonchev–Trinajstić information content (AvgIpc) is 3.21. The number of amides is 1. The maximum absolute atomic E-state index is 12.9. The van der Waals surface area contributed by atoms with Crippen molar-refractivity contribution in [2.75, 3.05) is 14.2 Å². The van der Waals surface area contributed by atoms with Crippen molar-refractivity contribution in [3.05, 3.63) is 75.3 Å². The van der Waals surface area contributed by atoms with E-state index in [0.717, 1.165) is 24.2 Å². The molecule has 7 heteroatoms. The van der Waals surface area contributed by atoms with Crippen LogP contribution in [0.5, 0.6) is 0 Å². The Morgan fingerprint density at radius 3 is 2.59 bits per heavy atom. The number of carbonyl (C=O) groups is 2. The van der Waals surface area contributed by atoms with Gasteiger partial charge in [-0.1, -0.05) is 12.1 Å². The first kappa shape index (κ1) is 18.9. The SMILES string of the molecule is COC(=O)c1ccc(CN(C)C(=O)c2ccc3c(=O)n4c(nc3c2)CCC4)cc1. The van der Waals surface area contributed by atoms with Crippen molar-refractivity contribution in [3.8, 4) is 0 Å². The summed E-state index contributed by atoms with van der Waals surface area (Å²) >= 11 is 0. The Morgan fingerprint density at radius 2 is 1.86 bits per heavy atom. The van der Waals surface area contributed by atoms with Crippen molar-refractivity contribution >= 4 is 22.8 Å². The standard InChI is InChI=1S/C22H21N3O4/c1-24(13-14-5-7-15(8-6-14)22(28)29-2)20(26)16-9-10-17-18(12-16)23-19-4-3-11-25(19)21(17)27/h5-10,12H,3-4,11,13H2,1-2H3. The summed E-state index contributed by atoms with van der Waals surface area (Å²) in [6, 6.07) is 12.0. The van der Waals surface area contributed by atoms with Crippen LogP contribution in [0.4, 0.5) is 0 Å². The molecule has 0 unspecified atom stereocenters. The second kappa shape index (κ2) is 7.50. The topological polar surface area (TPSA) is 81.5 Å². The molecule has 0 fully saturated rings. The summed E-state index contributed by atoms with van der Waals surface area (Å²) in [5.74, 6) is 0.226. The first-order valence-electron chi connectivity index (χ1n) is 9.44. The van der Waals surface area contributed by atoms with E-state index in [2.05, 4.69) is 4.98 Å². The minimum absolute atomic E-state index is 0.0412. The zero-order valence-corrected chi connectivity index (χ0v) is 16.3. The number of nitrogens with zero attached hydrogens (tertiary/aromatic N) is 3. The average molecular weight is 391 g/mol. The fourth-order valence-electron chi connectivity index (χ4n) is 3.65. The van der Waals surface area contributed by atoms with Crippen molar-refractivity contribution in [2.24, 2.45) is 0 Å². The van der Waals surface area contributed by atoms with E-state index < -0.39 is 5.97 Å². The van der Waals surface area contributed by atoms with Gasteiger partial charge in [0.1, 0.15) is 5.82 Å². The van der Waals surface area contributed by atoms with E-state index in [9.17, 15) is 14.4 Å². The Kier molecular flexibility index (Phi) is 4.88. The van der Waals surface area contributed by atoms with Crippen LogP contribution in [0.3, 0.4) is 0 Å². The molecule has 2 heterocycles. The Morgan fingerprint density at radius 1 is 1.14 bits per heavy atom. The summed E-state index contributed by atoms with van der Waals surface area (Å²) < 4.78 is 6.41. The molecule has 0 spiro atoms. The highest BCUT2D eigenvalue weighted by Crippen LogP contribution is 2.18.